The van der Waals surface area contributed by atoms with Crippen molar-refractivity contribution in [2.45, 2.75) is 12.8 Å². The summed E-state index contributed by atoms with van der Waals surface area (Å²) >= 11 is 0. The van der Waals surface area contributed by atoms with Crippen LogP contribution in [0.5, 0.6) is 11.5 Å². The zero-order valence-corrected chi connectivity index (χ0v) is 12.2. The Hall–Kier alpha value is -2.75. The zero-order chi connectivity index (χ0) is 15.5. The molecule has 0 bridgehead atoms. The SMILES string of the molecule is COc1c(CCc2cccc(O)c2)oc2ccccc2c1=O. The second-order valence-corrected chi connectivity index (χ2v) is 5.05. The third-order valence-electron chi connectivity index (χ3n) is 3.58. The van der Waals surface area contributed by atoms with Crippen LogP contribution in [0.2, 0.25) is 0 Å². The predicted octanol–water partition coefficient (Wildman–Crippen LogP) is 3.29. The maximum absolute atomic E-state index is 12.4. The predicted molar refractivity (Wildman–Crippen MR) is 84.6 cm³/mol. The summed E-state index contributed by atoms with van der Waals surface area (Å²) in [4.78, 5) is 12.4. The Bertz CT molecular complexity index is 864. The fourth-order valence-corrected chi connectivity index (χ4v) is 2.51. The largest absolute Gasteiger partial charge is 0.508 e. The molecule has 0 radical (unpaired) electrons. The normalized spacial score (nSPS) is 10.8. The Morgan fingerprint density at radius 1 is 1.09 bits per heavy atom. The average Bonchev–Trinajstić information content (AvgIpc) is 2.53. The van der Waals surface area contributed by atoms with E-state index in [-0.39, 0.29) is 16.9 Å². The van der Waals surface area contributed by atoms with E-state index in [0.29, 0.717) is 29.6 Å². The smallest absolute Gasteiger partial charge is 0.234 e. The van der Waals surface area contributed by atoms with Gasteiger partial charge in [-0.15, -0.1) is 0 Å². The fourth-order valence-electron chi connectivity index (χ4n) is 2.51. The van der Waals surface area contributed by atoms with Gasteiger partial charge in [-0.25, -0.2) is 0 Å². The molecule has 4 heteroatoms. The molecule has 0 amide bonds. The molecule has 0 aliphatic rings. The molecule has 0 atom stereocenters. The Morgan fingerprint density at radius 2 is 1.91 bits per heavy atom. The maximum Gasteiger partial charge on any atom is 0.234 e. The number of fused-ring (bicyclic) bond motifs is 1. The van der Waals surface area contributed by atoms with E-state index >= 15 is 0 Å². The lowest BCUT2D eigenvalue weighted by atomic mass is 10.1. The Labute approximate surface area is 127 Å². The summed E-state index contributed by atoms with van der Waals surface area (Å²) in [5.41, 5.74) is 1.37. The van der Waals surface area contributed by atoms with Gasteiger partial charge in [0, 0.05) is 6.42 Å². The molecule has 22 heavy (non-hydrogen) atoms. The minimum Gasteiger partial charge on any atom is -0.508 e. The summed E-state index contributed by atoms with van der Waals surface area (Å²) in [6.07, 6.45) is 1.17. The number of rotatable bonds is 4. The lowest BCUT2D eigenvalue weighted by molar-refractivity contribution is 0.377. The highest BCUT2D eigenvalue weighted by Crippen LogP contribution is 2.22. The molecule has 0 fully saturated rings. The van der Waals surface area contributed by atoms with E-state index in [2.05, 4.69) is 0 Å². The molecule has 0 saturated carbocycles. The first-order chi connectivity index (χ1) is 10.7. The number of aromatic hydroxyl groups is 1. The van der Waals surface area contributed by atoms with Gasteiger partial charge in [-0.05, 0) is 36.2 Å². The van der Waals surface area contributed by atoms with Crippen LogP contribution >= 0.6 is 0 Å². The third-order valence-corrected chi connectivity index (χ3v) is 3.58. The molecule has 0 aliphatic heterocycles. The number of hydrogen-bond donors (Lipinski definition) is 1. The minimum absolute atomic E-state index is 0.157. The van der Waals surface area contributed by atoms with Gasteiger partial charge in [0.25, 0.3) is 0 Å². The first-order valence-corrected chi connectivity index (χ1v) is 7.05. The molecule has 0 unspecified atom stereocenters. The molecular formula is C18H16O4. The van der Waals surface area contributed by atoms with Crippen molar-refractivity contribution in [2.75, 3.05) is 7.11 Å². The van der Waals surface area contributed by atoms with Gasteiger partial charge in [0.1, 0.15) is 11.3 Å². The second-order valence-electron chi connectivity index (χ2n) is 5.05. The molecule has 0 aliphatic carbocycles. The van der Waals surface area contributed by atoms with Gasteiger partial charge in [-0.1, -0.05) is 24.3 Å². The highest BCUT2D eigenvalue weighted by molar-refractivity contribution is 5.77. The summed E-state index contributed by atoms with van der Waals surface area (Å²) in [6, 6.07) is 14.2. The first-order valence-electron chi connectivity index (χ1n) is 7.05. The molecule has 1 heterocycles. The summed E-state index contributed by atoms with van der Waals surface area (Å²) in [7, 11) is 1.47. The molecule has 3 rings (SSSR count). The lowest BCUT2D eigenvalue weighted by Gasteiger charge is -2.09. The second kappa shape index (κ2) is 5.93. The topological polar surface area (TPSA) is 59.7 Å². The Balaban J connectivity index is 1.97. The zero-order valence-electron chi connectivity index (χ0n) is 12.2. The summed E-state index contributed by atoms with van der Waals surface area (Å²) in [6.45, 7) is 0. The van der Waals surface area contributed by atoms with Crippen LogP contribution in [-0.2, 0) is 12.8 Å². The Morgan fingerprint density at radius 3 is 2.68 bits per heavy atom. The van der Waals surface area contributed by atoms with Gasteiger partial charge in [0.15, 0.2) is 5.76 Å². The van der Waals surface area contributed by atoms with E-state index in [4.69, 9.17) is 9.15 Å². The molecule has 1 N–H and O–H groups in total. The van der Waals surface area contributed by atoms with Crippen molar-refractivity contribution < 1.29 is 14.3 Å². The summed E-state index contributed by atoms with van der Waals surface area (Å²) < 4.78 is 11.1. The van der Waals surface area contributed by atoms with Crippen molar-refractivity contribution in [1.82, 2.24) is 0 Å². The van der Waals surface area contributed by atoms with E-state index < -0.39 is 0 Å². The number of hydrogen-bond acceptors (Lipinski definition) is 4. The van der Waals surface area contributed by atoms with Crippen molar-refractivity contribution in [3.05, 3.63) is 70.1 Å². The van der Waals surface area contributed by atoms with E-state index in [9.17, 15) is 9.90 Å². The molecule has 0 saturated heterocycles. The number of methoxy groups -OCH3 is 1. The molecular weight excluding hydrogens is 280 g/mol. The maximum atomic E-state index is 12.4. The molecule has 0 spiro atoms. The number of phenols is 1. The monoisotopic (exact) mass is 296 g/mol. The lowest BCUT2D eigenvalue weighted by Crippen LogP contribution is -2.09. The minimum atomic E-state index is -0.157. The van der Waals surface area contributed by atoms with Crippen LogP contribution in [0.4, 0.5) is 0 Å². The highest BCUT2D eigenvalue weighted by Gasteiger charge is 2.14. The van der Waals surface area contributed by atoms with Gasteiger partial charge < -0.3 is 14.3 Å². The van der Waals surface area contributed by atoms with E-state index in [1.807, 2.05) is 12.1 Å². The molecule has 4 nitrogen and oxygen atoms in total. The van der Waals surface area contributed by atoms with Crippen LogP contribution in [0, 0.1) is 0 Å². The van der Waals surface area contributed by atoms with E-state index in [1.54, 1.807) is 36.4 Å². The van der Waals surface area contributed by atoms with Gasteiger partial charge in [0.05, 0.1) is 12.5 Å². The number of aryl methyl sites for hydroxylation is 2. The van der Waals surface area contributed by atoms with E-state index in [0.717, 1.165) is 5.56 Å². The third kappa shape index (κ3) is 2.68. The highest BCUT2D eigenvalue weighted by atomic mass is 16.5. The van der Waals surface area contributed by atoms with Gasteiger partial charge in [-0.3, -0.25) is 4.79 Å². The molecule has 1 aromatic heterocycles. The van der Waals surface area contributed by atoms with Crippen molar-refractivity contribution >= 4 is 11.0 Å². The van der Waals surface area contributed by atoms with Crippen molar-refractivity contribution in [2.24, 2.45) is 0 Å². The standard InChI is InChI=1S/C18H16O4/c1-21-18-16(10-9-12-5-4-6-13(19)11-12)22-15-8-3-2-7-14(15)17(18)20/h2-8,11,19H,9-10H2,1H3. The van der Waals surface area contributed by atoms with Crippen LogP contribution in [0.1, 0.15) is 11.3 Å². The molecule has 112 valence electrons. The van der Waals surface area contributed by atoms with Gasteiger partial charge in [-0.2, -0.15) is 0 Å². The summed E-state index contributed by atoms with van der Waals surface area (Å²) in [5, 5.41) is 10.0. The van der Waals surface area contributed by atoms with Crippen molar-refractivity contribution in [1.29, 1.82) is 0 Å². The quantitative estimate of drug-likeness (QED) is 0.802. The van der Waals surface area contributed by atoms with Crippen LogP contribution in [0.25, 0.3) is 11.0 Å². The number of benzene rings is 2. The van der Waals surface area contributed by atoms with E-state index in [1.165, 1.54) is 7.11 Å². The first kappa shape index (κ1) is 14.2. The van der Waals surface area contributed by atoms with Gasteiger partial charge in [0.2, 0.25) is 11.2 Å². The number of para-hydroxylation sites is 1. The summed E-state index contributed by atoms with van der Waals surface area (Å²) in [5.74, 6) is 0.998. The van der Waals surface area contributed by atoms with Gasteiger partial charge >= 0.3 is 0 Å². The average molecular weight is 296 g/mol. The van der Waals surface area contributed by atoms with Crippen LogP contribution < -0.4 is 10.2 Å². The van der Waals surface area contributed by atoms with Crippen molar-refractivity contribution in [3.63, 3.8) is 0 Å². The molecule has 3 aromatic rings. The molecule has 2 aromatic carbocycles. The van der Waals surface area contributed by atoms with Crippen molar-refractivity contribution in [3.8, 4) is 11.5 Å². The van der Waals surface area contributed by atoms with Crippen LogP contribution in [0.3, 0.4) is 0 Å². The number of phenolic OH excluding ortho intramolecular Hbond substituents is 1. The fraction of sp³-hybridized carbons (Fsp3) is 0.167. The number of ether oxygens (including phenoxy) is 1. The van der Waals surface area contributed by atoms with Crippen LogP contribution in [-0.4, -0.2) is 12.2 Å². The Kier molecular flexibility index (Phi) is 3.83. The van der Waals surface area contributed by atoms with Crippen LogP contribution in [0.15, 0.2) is 57.7 Å².